The van der Waals surface area contributed by atoms with Gasteiger partial charge in [0.05, 0.1) is 0 Å². The highest BCUT2D eigenvalue weighted by molar-refractivity contribution is 5.71. The number of hydrogen-bond acceptors (Lipinski definition) is 6. The van der Waals surface area contributed by atoms with Crippen LogP contribution >= 0.6 is 0 Å². The van der Waals surface area contributed by atoms with Gasteiger partial charge in [-0.3, -0.25) is 14.4 Å². The number of hydrogen-bond donors (Lipinski definition) is 0. The van der Waals surface area contributed by atoms with Gasteiger partial charge in [0, 0.05) is 19.3 Å². The molecule has 0 radical (unpaired) electrons. The molecule has 0 aliphatic carbocycles. The van der Waals surface area contributed by atoms with Crippen LogP contribution in [0, 0.1) is 0 Å². The molecule has 0 aromatic rings. The molecule has 0 amide bonds. The summed E-state index contributed by atoms with van der Waals surface area (Å²) in [7, 11) is 0. The topological polar surface area (TPSA) is 78.9 Å². The fourth-order valence-electron chi connectivity index (χ4n) is 8.71. The minimum atomic E-state index is -0.818. The van der Waals surface area contributed by atoms with Crippen LogP contribution in [0.4, 0.5) is 0 Å². The summed E-state index contributed by atoms with van der Waals surface area (Å²) in [5, 5.41) is 0. The Hall–Kier alpha value is -5.23. The van der Waals surface area contributed by atoms with E-state index in [4.69, 9.17) is 14.2 Å². The lowest BCUT2D eigenvalue weighted by atomic mass is 10.1. The summed E-state index contributed by atoms with van der Waals surface area (Å²) in [6.45, 7) is 6.35. The van der Waals surface area contributed by atoms with Crippen LogP contribution in [0.1, 0.15) is 278 Å². The fraction of sp³-hybridized carbons (Fsp3) is 0.597. The van der Waals surface area contributed by atoms with E-state index in [9.17, 15) is 14.4 Å². The predicted octanol–water partition coefficient (Wildman–Crippen LogP) is 23.4. The van der Waals surface area contributed by atoms with Gasteiger partial charge in [-0.1, -0.05) is 274 Å². The normalized spacial score (nSPS) is 13.2. The zero-order chi connectivity index (χ0) is 59.9. The Labute approximate surface area is 511 Å². The summed E-state index contributed by atoms with van der Waals surface area (Å²) in [5.74, 6) is -0.977. The van der Waals surface area contributed by atoms with Crippen molar-refractivity contribution in [2.24, 2.45) is 0 Å². The fourth-order valence-corrected chi connectivity index (χ4v) is 8.71. The second-order valence-corrected chi connectivity index (χ2v) is 21.6. The Morgan fingerprint density at radius 1 is 0.253 bits per heavy atom. The monoisotopic (exact) mass is 1140 g/mol. The zero-order valence-corrected chi connectivity index (χ0v) is 53.4. The van der Waals surface area contributed by atoms with Gasteiger partial charge in [0.25, 0.3) is 0 Å². The first-order valence-corrected chi connectivity index (χ1v) is 33.6. The van der Waals surface area contributed by atoms with Crippen molar-refractivity contribution in [1.29, 1.82) is 0 Å². The maximum atomic E-state index is 13.0. The Balaban J connectivity index is 4.53. The van der Waals surface area contributed by atoms with Crippen molar-refractivity contribution >= 4 is 17.9 Å². The summed E-state index contributed by atoms with van der Waals surface area (Å²) < 4.78 is 16.9. The average molecular weight is 1140 g/mol. The number of unbranched alkanes of at least 4 members (excludes halogenated alkanes) is 20. The van der Waals surface area contributed by atoms with Gasteiger partial charge in [0.2, 0.25) is 0 Å². The number of rotatable bonds is 59. The molecule has 0 aromatic heterocycles. The minimum absolute atomic E-state index is 0.112. The van der Waals surface area contributed by atoms with Gasteiger partial charge in [-0.25, -0.2) is 0 Å². The maximum absolute atomic E-state index is 13.0. The lowest BCUT2D eigenvalue weighted by Crippen LogP contribution is -2.30. The number of allylic oxidation sites excluding steroid dienone is 28. The van der Waals surface area contributed by atoms with Crippen LogP contribution < -0.4 is 0 Å². The molecule has 0 fully saturated rings. The molecule has 0 saturated heterocycles. The zero-order valence-electron chi connectivity index (χ0n) is 53.4. The molecule has 466 valence electrons. The van der Waals surface area contributed by atoms with Gasteiger partial charge in [-0.05, 0) is 154 Å². The molecule has 0 aliphatic rings. The first kappa shape index (κ1) is 77.8. The van der Waals surface area contributed by atoms with Gasteiger partial charge in [-0.2, -0.15) is 0 Å². The van der Waals surface area contributed by atoms with E-state index in [0.717, 1.165) is 167 Å². The summed E-state index contributed by atoms with van der Waals surface area (Å²) in [6.07, 6.45) is 102. The quantitative estimate of drug-likeness (QED) is 0.0261. The predicted molar refractivity (Wildman–Crippen MR) is 361 cm³/mol. The Morgan fingerprint density at radius 3 is 0.747 bits per heavy atom. The van der Waals surface area contributed by atoms with Crippen LogP contribution in [-0.2, 0) is 28.6 Å². The summed E-state index contributed by atoms with van der Waals surface area (Å²) >= 11 is 0. The van der Waals surface area contributed by atoms with Crippen molar-refractivity contribution in [2.45, 2.75) is 284 Å². The molecule has 0 aromatic carbocycles. The van der Waals surface area contributed by atoms with E-state index in [1.54, 1.807) is 0 Å². The Kier molecular flexibility index (Phi) is 64.9. The van der Waals surface area contributed by atoms with E-state index in [-0.39, 0.29) is 31.1 Å². The highest BCUT2D eigenvalue weighted by atomic mass is 16.6. The van der Waals surface area contributed by atoms with Crippen molar-refractivity contribution in [3.05, 3.63) is 170 Å². The number of carbonyl (C=O) groups is 3. The number of esters is 3. The standard InChI is InChI=1S/C77H122O6/c1-4-7-10-13-16-19-22-25-28-31-33-35-37-38-40-41-43-46-49-52-55-58-61-64-67-70-76(79)82-73-74(72-81-75(78)69-66-63-60-57-54-51-48-45-30-27-24-21-18-15-12-9-6-3)83-77(80)71-68-65-62-59-56-53-50-47-44-42-39-36-34-32-29-26-23-20-17-14-11-8-5-2/h7,9-10,12,16,18-19,21,23,25-28,30,32-35,38-40,42-43,46,48,51-52,55,74H,4-6,8,11,13-15,17,20,22,24,29,31,36-37,41,44-45,47,49-50,53-54,56-73H2,1-3H3/b10-7-,12-9-,19-16-,21-18-,26-23-,28-25-,30-27-,34-32-,35-33-,40-38-,42-39-,46-43-,51-48-,55-52-. The molecule has 0 saturated carbocycles. The SMILES string of the molecule is CC/C=C\C/C=C\C/C=C\C/C=C\C/C=C\C/C=C\C/C=C\CCCCCC(=O)OCC(COC(=O)CCCCCC/C=C\C/C=C\C/C=C\C/C=C\CC)OC(=O)CCCCCCCCCC/C=C\C/C=C\C/C=C\CCCCCCC. The molecule has 0 rings (SSSR count). The van der Waals surface area contributed by atoms with Gasteiger partial charge >= 0.3 is 17.9 Å². The molecular weight excluding hydrogens is 1020 g/mol. The summed E-state index contributed by atoms with van der Waals surface area (Å²) in [6, 6.07) is 0. The lowest BCUT2D eigenvalue weighted by Gasteiger charge is -2.18. The van der Waals surface area contributed by atoms with E-state index in [1.807, 2.05) is 0 Å². The maximum Gasteiger partial charge on any atom is 0.306 e. The van der Waals surface area contributed by atoms with Gasteiger partial charge in [-0.15, -0.1) is 0 Å². The number of ether oxygens (including phenoxy) is 3. The molecule has 83 heavy (non-hydrogen) atoms. The van der Waals surface area contributed by atoms with Gasteiger partial charge < -0.3 is 14.2 Å². The third-order valence-electron chi connectivity index (χ3n) is 13.7. The molecule has 0 bridgehead atoms. The van der Waals surface area contributed by atoms with E-state index in [0.29, 0.717) is 19.3 Å². The van der Waals surface area contributed by atoms with Crippen LogP contribution in [0.3, 0.4) is 0 Å². The molecule has 0 heterocycles. The molecule has 0 aliphatic heterocycles. The van der Waals surface area contributed by atoms with Crippen molar-refractivity contribution in [3.63, 3.8) is 0 Å². The number of carbonyl (C=O) groups excluding carboxylic acids is 3. The smallest absolute Gasteiger partial charge is 0.306 e. The third-order valence-corrected chi connectivity index (χ3v) is 13.7. The molecule has 6 heteroatoms. The van der Waals surface area contributed by atoms with E-state index in [1.165, 1.54) is 70.6 Å². The molecular formula is C77H122O6. The van der Waals surface area contributed by atoms with Crippen molar-refractivity contribution < 1.29 is 28.6 Å². The highest BCUT2D eigenvalue weighted by Gasteiger charge is 2.19. The first-order chi connectivity index (χ1) is 41.0. The van der Waals surface area contributed by atoms with Crippen LogP contribution in [-0.4, -0.2) is 37.2 Å². The van der Waals surface area contributed by atoms with Crippen LogP contribution in [0.15, 0.2) is 170 Å². The molecule has 1 atom stereocenters. The minimum Gasteiger partial charge on any atom is -0.462 e. The molecule has 6 nitrogen and oxygen atoms in total. The van der Waals surface area contributed by atoms with Crippen molar-refractivity contribution in [3.8, 4) is 0 Å². The van der Waals surface area contributed by atoms with Crippen LogP contribution in [0.5, 0.6) is 0 Å². The molecule has 1 unspecified atom stereocenters. The first-order valence-electron chi connectivity index (χ1n) is 33.6. The second kappa shape index (κ2) is 69.3. The Morgan fingerprint density at radius 2 is 0.470 bits per heavy atom. The molecule has 0 N–H and O–H groups in total. The van der Waals surface area contributed by atoms with E-state index in [2.05, 4.69) is 191 Å². The second-order valence-electron chi connectivity index (χ2n) is 21.6. The van der Waals surface area contributed by atoms with E-state index < -0.39 is 6.10 Å². The lowest BCUT2D eigenvalue weighted by molar-refractivity contribution is -0.167. The van der Waals surface area contributed by atoms with E-state index >= 15 is 0 Å². The van der Waals surface area contributed by atoms with Crippen molar-refractivity contribution in [2.75, 3.05) is 13.2 Å². The van der Waals surface area contributed by atoms with Crippen LogP contribution in [0.25, 0.3) is 0 Å². The molecule has 0 spiro atoms. The largest absolute Gasteiger partial charge is 0.462 e. The Bertz CT molecular complexity index is 1890. The van der Waals surface area contributed by atoms with Crippen LogP contribution in [0.2, 0.25) is 0 Å². The third kappa shape index (κ3) is 67.4. The highest BCUT2D eigenvalue weighted by Crippen LogP contribution is 2.14. The average Bonchev–Trinajstić information content (AvgIpc) is 3.49. The van der Waals surface area contributed by atoms with Gasteiger partial charge in [0.1, 0.15) is 13.2 Å². The van der Waals surface area contributed by atoms with Crippen molar-refractivity contribution in [1.82, 2.24) is 0 Å². The van der Waals surface area contributed by atoms with Gasteiger partial charge in [0.15, 0.2) is 6.10 Å². The summed E-state index contributed by atoms with van der Waals surface area (Å²) in [5.41, 5.74) is 0. The summed E-state index contributed by atoms with van der Waals surface area (Å²) in [4.78, 5) is 38.4.